The number of ether oxygens (including phenoxy) is 2. The molecule has 0 saturated carbocycles. The van der Waals surface area contributed by atoms with Crippen LogP contribution in [0.2, 0.25) is 0 Å². The molecule has 100 valence electrons. The zero-order valence-corrected chi connectivity index (χ0v) is 11.0. The Kier molecular flexibility index (Phi) is 4.64. The third-order valence-corrected chi connectivity index (χ3v) is 2.60. The average molecular weight is 260 g/mol. The van der Waals surface area contributed by atoms with E-state index in [1.54, 1.807) is 26.4 Å². The predicted octanol–water partition coefficient (Wildman–Crippen LogP) is 3.21. The van der Waals surface area contributed by atoms with Crippen LogP contribution < -0.4 is 14.4 Å². The second-order valence-electron chi connectivity index (χ2n) is 3.87. The summed E-state index contributed by atoms with van der Waals surface area (Å²) < 4.78 is 10.1. The number of hydrogen-bond donors (Lipinski definition) is 0. The molecule has 4 nitrogen and oxygen atoms in total. The minimum absolute atomic E-state index is 0.371. The van der Waals surface area contributed by atoms with Gasteiger partial charge in [-0.25, -0.2) is 0 Å². The maximum Gasteiger partial charge on any atom is 0.165 e. The summed E-state index contributed by atoms with van der Waals surface area (Å²) in [4.78, 5) is 10.4. The monoisotopic (exact) mass is 260 g/mol. The predicted molar refractivity (Wildman–Crippen MR) is 71.4 cm³/mol. The van der Waals surface area contributed by atoms with Gasteiger partial charge in [0.15, 0.2) is 5.75 Å². The van der Waals surface area contributed by atoms with E-state index in [1.165, 1.54) is 0 Å². The number of hydrogen-bond acceptors (Lipinski definition) is 4. The second-order valence-corrected chi connectivity index (χ2v) is 3.87. The van der Waals surface area contributed by atoms with Crippen LogP contribution >= 0.6 is 0 Å². The van der Waals surface area contributed by atoms with Crippen molar-refractivity contribution in [2.75, 3.05) is 14.2 Å². The fourth-order valence-electron chi connectivity index (χ4n) is 1.52. The van der Waals surface area contributed by atoms with Crippen LogP contribution in [0.15, 0.2) is 48.5 Å². The van der Waals surface area contributed by atoms with E-state index in [9.17, 15) is 0 Å². The first-order valence-electron chi connectivity index (χ1n) is 5.88. The van der Waals surface area contributed by atoms with E-state index in [1.807, 2.05) is 36.4 Å². The van der Waals surface area contributed by atoms with Crippen molar-refractivity contribution >= 4 is 0 Å². The smallest absolute Gasteiger partial charge is 0.165 e. The number of rotatable bonds is 6. The summed E-state index contributed by atoms with van der Waals surface area (Å²) in [5.41, 5.74) is 1.01. The highest BCUT2D eigenvalue weighted by atomic mass is 17.2. The van der Waals surface area contributed by atoms with Gasteiger partial charge in [0.1, 0.15) is 18.1 Å². The lowest BCUT2D eigenvalue weighted by molar-refractivity contribution is -0.217. The molecule has 4 heteroatoms. The molecule has 2 aromatic carbocycles. The van der Waals surface area contributed by atoms with Gasteiger partial charge in [0.2, 0.25) is 0 Å². The van der Waals surface area contributed by atoms with E-state index in [4.69, 9.17) is 19.2 Å². The van der Waals surface area contributed by atoms with Crippen molar-refractivity contribution in [3.63, 3.8) is 0 Å². The number of benzene rings is 2. The Labute approximate surface area is 112 Å². The minimum atomic E-state index is 0.371. The van der Waals surface area contributed by atoms with Gasteiger partial charge < -0.3 is 14.4 Å². The number of methoxy groups -OCH3 is 2. The lowest BCUT2D eigenvalue weighted by atomic mass is 10.2. The van der Waals surface area contributed by atoms with Gasteiger partial charge in [-0.2, -0.15) is 4.89 Å². The molecular formula is C15H16O4. The van der Waals surface area contributed by atoms with Crippen molar-refractivity contribution in [1.29, 1.82) is 0 Å². The molecule has 0 aliphatic carbocycles. The first kappa shape index (κ1) is 13.2. The minimum Gasteiger partial charge on any atom is -0.497 e. The Morgan fingerprint density at radius 2 is 1.16 bits per heavy atom. The van der Waals surface area contributed by atoms with Crippen LogP contribution in [0.25, 0.3) is 0 Å². The SMILES string of the molecule is COc1ccc(COOc2ccc(OC)cc2)cc1. The topological polar surface area (TPSA) is 36.9 Å². The zero-order valence-electron chi connectivity index (χ0n) is 11.0. The van der Waals surface area contributed by atoms with E-state index in [2.05, 4.69) is 0 Å². The van der Waals surface area contributed by atoms with Gasteiger partial charge >= 0.3 is 0 Å². The Balaban J connectivity index is 1.81. The summed E-state index contributed by atoms with van der Waals surface area (Å²) in [5, 5.41) is 0. The molecule has 0 radical (unpaired) electrons. The van der Waals surface area contributed by atoms with Gasteiger partial charge in [0.25, 0.3) is 0 Å². The molecule has 0 aromatic heterocycles. The molecule has 0 N–H and O–H groups in total. The van der Waals surface area contributed by atoms with Crippen molar-refractivity contribution in [2.45, 2.75) is 6.61 Å². The van der Waals surface area contributed by atoms with E-state index < -0.39 is 0 Å². The summed E-state index contributed by atoms with van der Waals surface area (Å²) in [6, 6.07) is 14.8. The van der Waals surface area contributed by atoms with Crippen LogP contribution in [0.5, 0.6) is 17.2 Å². The second kappa shape index (κ2) is 6.66. The quantitative estimate of drug-likeness (QED) is 0.590. The first-order valence-corrected chi connectivity index (χ1v) is 5.88. The molecule has 0 fully saturated rings. The van der Waals surface area contributed by atoms with Crippen molar-refractivity contribution in [2.24, 2.45) is 0 Å². The van der Waals surface area contributed by atoms with Crippen molar-refractivity contribution in [1.82, 2.24) is 0 Å². The van der Waals surface area contributed by atoms with E-state index in [0.29, 0.717) is 12.4 Å². The van der Waals surface area contributed by atoms with Crippen LogP contribution in [0.4, 0.5) is 0 Å². The summed E-state index contributed by atoms with van der Waals surface area (Å²) >= 11 is 0. The molecule has 0 saturated heterocycles. The fraction of sp³-hybridized carbons (Fsp3) is 0.200. The molecular weight excluding hydrogens is 244 g/mol. The van der Waals surface area contributed by atoms with Gasteiger partial charge in [-0.3, -0.25) is 0 Å². The Morgan fingerprint density at radius 3 is 1.68 bits per heavy atom. The lowest BCUT2D eigenvalue weighted by Crippen LogP contribution is -1.98. The van der Waals surface area contributed by atoms with Gasteiger partial charge in [0, 0.05) is 0 Å². The largest absolute Gasteiger partial charge is 0.497 e. The Morgan fingerprint density at radius 1 is 0.684 bits per heavy atom. The molecule has 0 aliphatic rings. The molecule has 2 aromatic rings. The molecule has 0 spiro atoms. The maximum atomic E-state index is 5.18. The molecule has 0 atom stereocenters. The molecule has 0 bridgehead atoms. The van der Waals surface area contributed by atoms with Crippen LogP contribution in [0.3, 0.4) is 0 Å². The summed E-state index contributed by atoms with van der Waals surface area (Å²) in [5.74, 6) is 2.23. The molecule has 0 aliphatic heterocycles. The first-order chi connectivity index (χ1) is 9.31. The van der Waals surface area contributed by atoms with E-state index in [0.717, 1.165) is 17.1 Å². The third-order valence-electron chi connectivity index (χ3n) is 2.60. The molecule has 0 unspecified atom stereocenters. The maximum absolute atomic E-state index is 5.18. The van der Waals surface area contributed by atoms with Gasteiger partial charge in [-0.15, -0.1) is 0 Å². The highest BCUT2D eigenvalue weighted by Crippen LogP contribution is 2.18. The van der Waals surface area contributed by atoms with Crippen LogP contribution in [-0.2, 0) is 11.5 Å². The van der Waals surface area contributed by atoms with Crippen LogP contribution in [-0.4, -0.2) is 14.2 Å². The van der Waals surface area contributed by atoms with Crippen molar-refractivity contribution < 1.29 is 19.2 Å². The average Bonchev–Trinajstić information content (AvgIpc) is 2.49. The summed E-state index contributed by atoms with van der Waals surface area (Å²) in [6.45, 7) is 0.371. The van der Waals surface area contributed by atoms with Crippen LogP contribution in [0.1, 0.15) is 5.56 Å². The molecule has 2 rings (SSSR count). The highest BCUT2D eigenvalue weighted by molar-refractivity contribution is 5.30. The Hall–Kier alpha value is -2.20. The summed E-state index contributed by atoms with van der Waals surface area (Å²) in [6.07, 6.45) is 0. The normalized spacial score (nSPS) is 10.0. The molecule has 0 heterocycles. The highest BCUT2D eigenvalue weighted by Gasteiger charge is 1.98. The molecule has 19 heavy (non-hydrogen) atoms. The van der Waals surface area contributed by atoms with Crippen molar-refractivity contribution in [3.8, 4) is 17.2 Å². The van der Waals surface area contributed by atoms with Crippen molar-refractivity contribution in [3.05, 3.63) is 54.1 Å². The fourth-order valence-corrected chi connectivity index (χ4v) is 1.52. The van der Waals surface area contributed by atoms with Gasteiger partial charge in [-0.1, -0.05) is 12.1 Å². The lowest BCUT2D eigenvalue weighted by Gasteiger charge is -2.06. The Bertz CT molecular complexity index is 443. The van der Waals surface area contributed by atoms with Crippen LogP contribution in [0, 0.1) is 0 Å². The third kappa shape index (κ3) is 3.89. The standard InChI is InChI=1S/C15H16O4/c1-16-13-5-3-12(4-6-13)11-18-19-15-9-7-14(17-2)8-10-15/h3-10H,11H2,1-2H3. The summed E-state index contributed by atoms with van der Waals surface area (Å²) in [7, 11) is 3.26. The van der Waals surface area contributed by atoms with E-state index in [-0.39, 0.29) is 0 Å². The zero-order chi connectivity index (χ0) is 13.5. The molecule has 0 amide bonds. The van der Waals surface area contributed by atoms with E-state index >= 15 is 0 Å². The van der Waals surface area contributed by atoms with Gasteiger partial charge in [-0.05, 0) is 42.0 Å². The van der Waals surface area contributed by atoms with Gasteiger partial charge in [0.05, 0.1) is 14.2 Å².